The zero-order valence-corrected chi connectivity index (χ0v) is 13.6. The van der Waals surface area contributed by atoms with E-state index >= 15 is 0 Å². The van der Waals surface area contributed by atoms with Crippen LogP contribution in [0.2, 0.25) is 0 Å². The number of benzene rings is 1. The number of nitrogens with zero attached hydrogens (tertiary/aromatic N) is 3. The number of hydrogen-bond donors (Lipinski definition) is 1. The number of alkyl halides is 3. The van der Waals surface area contributed by atoms with E-state index in [9.17, 15) is 22.4 Å². The van der Waals surface area contributed by atoms with Crippen molar-refractivity contribution in [2.45, 2.75) is 32.0 Å². The van der Waals surface area contributed by atoms with Gasteiger partial charge >= 0.3 is 6.18 Å². The van der Waals surface area contributed by atoms with Crippen LogP contribution in [0.25, 0.3) is 0 Å². The summed E-state index contributed by atoms with van der Waals surface area (Å²) in [5.74, 6) is -1.93. The monoisotopic (exact) mass is 366 g/mol. The molecule has 2 aromatic rings. The molecule has 5 nitrogen and oxygen atoms in total. The van der Waals surface area contributed by atoms with Gasteiger partial charge in [0.05, 0.1) is 0 Å². The molecule has 2 heterocycles. The quantitative estimate of drug-likeness (QED) is 0.782. The molecule has 0 unspecified atom stereocenters. The van der Waals surface area contributed by atoms with Crippen molar-refractivity contribution in [3.63, 3.8) is 0 Å². The summed E-state index contributed by atoms with van der Waals surface area (Å²) in [7, 11) is 0. The molecule has 0 saturated heterocycles. The molecule has 1 aromatic heterocycles. The van der Waals surface area contributed by atoms with Crippen LogP contribution < -0.4 is 5.32 Å². The van der Waals surface area contributed by atoms with Crippen molar-refractivity contribution >= 4 is 11.7 Å². The second-order valence-corrected chi connectivity index (χ2v) is 6.61. The Kier molecular flexibility index (Phi) is 3.64. The second kappa shape index (κ2) is 5.65. The fourth-order valence-corrected chi connectivity index (χ4v) is 3.48. The van der Waals surface area contributed by atoms with E-state index in [4.69, 9.17) is 0 Å². The Bertz CT molecular complexity index is 914. The van der Waals surface area contributed by atoms with Crippen molar-refractivity contribution in [1.82, 2.24) is 14.8 Å². The lowest BCUT2D eigenvalue weighted by Gasteiger charge is -2.34. The van der Waals surface area contributed by atoms with Gasteiger partial charge in [0.1, 0.15) is 11.9 Å². The lowest BCUT2D eigenvalue weighted by Crippen LogP contribution is -2.33. The van der Waals surface area contributed by atoms with Crippen LogP contribution in [0.15, 0.2) is 35.5 Å². The van der Waals surface area contributed by atoms with E-state index in [2.05, 4.69) is 15.4 Å². The molecule has 9 heteroatoms. The van der Waals surface area contributed by atoms with Gasteiger partial charge in [0.2, 0.25) is 5.95 Å². The smallest absolute Gasteiger partial charge is 0.328 e. The zero-order chi connectivity index (χ0) is 18.6. The summed E-state index contributed by atoms with van der Waals surface area (Å²) in [5, 5.41) is 6.42. The first kappa shape index (κ1) is 16.7. The van der Waals surface area contributed by atoms with Gasteiger partial charge in [-0.2, -0.15) is 18.2 Å². The average molecular weight is 366 g/mol. The summed E-state index contributed by atoms with van der Waals surface area (Å²) < 4.78 is 53.6. The molecule has 0 spiro atoms. The first-order valence-corrected chi connectivity index (χ1v) is 8.06. The summed E-state index contributed by atoms with van der Waals surface area (Å²) in [4.78, 5) is 16.2. The van der Waals surface area contributed by atoms with Gasteiger partial charge in [-0.3, -0.25) is 4.79 Å². The van der Waals surface area contributed by atoms with Crippen molar-refractivity contribution in [3.05, 3.63) is 52.7 Å². The number of carbonyl (C=O) groups excluding carboxylic acids is 1. The molecule has 0 saturated carbocycles. The fraction of sp³-hybridized carbons (Fsp3) is 0.353. The molecular weight excluding hydrogens is 352 g/mol. The minimum Gasteiger partial charge on any atom is -0.328 e. The third kappa shape index (κ3) is 2.67. The zero-order valence-electron chi connectivity index (χ0n) is 13.6. The van der Waals surface area contributed by atoms with Gasteiger partial charge in [0.15, 0.2) is 5.78 Å². The van der Waals surface area contributed by atoms with E-state index in [0.29, 0.717) is 29.7 Å². The van der Waals surface area contributed by atoms with Gasteiger partial charge in [0, 0.05) is 17.7 Å². The van der Waals surface area contributed by atoms with Crippen LogP contribution >= 0.6 is 0 Å². The van der Waals surface area contributed by atoms with Gasteiger partial charge in [0.25, 0.3) is 5.82 Å². The van der Waals surface area contributed by atoms with E-state index in [1.165, 1.54) is 24.3 Å². The van der Waals surface area contributed by atoms with E-state index in [0.717, 1.165) is 4.68 Å². The van der Waals surface area contributed by atoms with Gasteiger partial charge < -0.3 is 5.32 Å². The predicted octanol–water partition coefficient (Wildman–Crippen LogP) is 3.70. The largest absolute Gasteiger partial charge is 0.453 e. The Hall–Kier alpha value is -2.71. The number of carbonyl (C=O) groups is 1. The number of ketones is 1. The van der Waals surface area contributed by atoms with Gasteiger partial charge in [-0.15, -0.1) is 5.10 Å². The lowest BCUT2D eigenvalue weighted by atomic mass is 9.81. The fourth-order valence-electron chi connectivity index (χ4n) is 3.48. The van der Waals surface area contributed by atoms with Crippen molar-refractivity contribution in [2.75, 3.05) is 5.32 Å². The van der Waals surface area contributed by atoms with Crippen LogP contribution in [0.1, 0.15) is 37.2 Å². The minimum absolute atomic E-state index is 0.0687. The number of anilines is 1. The van der Waals surface area contributed by atoms with E-state index in [1.807, 2.05) is 6.92 Å². The first-order valence-electron chi connectivity index (χ1n) is 8.06. The molecule has 0 bridgehead atoms. The molecular formula is C17H14F4N4O. The Labute approximate surface area is 145 Å². The molecule has 2 aliphatic rings. The number of aromatic nitrogens is 3. The molecule has 26 heavy (non-hydrogen) atoms. The molecule has 1 N–H and O–H groups in total. The third-order valence-corrected chi connectivity index (χ3v) is 4.56. The molecule has 4 rings (SSSR count). The predicted molar refractivity (Wildman–Crippen MR) is 83.6 cm³/mol. The van der Waals surface area contributed by atoms with Crippen LogP contribution in [0.4, 0.5) is 23.5 Å². The van der Waals surface area contributed by atoms with Crippen LogP contribution in [0.3, 0.4) is 0 Å². The SMILES string of the molecule is C[C@@H]1CC(=O)C2=C(C1)Nc1nc(C(F)(F)F)nn1[C@H]2c1ccc(F)cc1. The lowest BCUT2D eigenvalue weighted by molar-refractivity contribution is -0.145. The number of halogens is 4. The topological polar surface area (TPSA) is 59.8 Å². The summed E-state index contributed by atoms with van der Waals surface area (Å²) >= 11 is 0. The normalized spacial score (nSPS) is 22.7. The van der Waals surface area contributed by atoms with Crippen LogP contribution in [-0.4, -0.2) is 20.5 Å². The summed E-state index contributed by atoms with van der Waals surface area (Å²) in [6.07, 6.45) is -3.89. The Morgan fingerprint density at radius 2 is 1.88 bits per heavy atom. The van der Waals surface area contributed by atoms with Crippen molar-refractivity contribution < 1.29 is 22.4 Å². The highest BCUT2D eigenvalue weighted by molar-refractivity contribution is 5.99. The molecule has 2 atom stereocenters. The van der Waals surface area contributed by atoms with E-state index in [-0.39, 0.29) is 17.6 Å². The average Bonchev–Trinajstić information content (AvgIpc) is 2.97. The number of rotatable bonds is 1. The van der Waals surface area contributed by atoms with Gasteiger partial charge in [-0.05, 0) is 30.0 Å². The number of Topliss-reactive ketones (excluding diaryl/α,β-unsaturated/α-hetero) is 1. The van der Waals surface area contributed by atoms with E-state index < -0.39 is 23.9 Å². The first-order chi connectivity index (χ1) is 12.2. The number of allylic oxidation sites excluding steroid dienone is 2. The van der Waals surface area contributed by atoms with Crippen LogP contribution in [0, 0.1) is 11.7 Å². The van der Waals surface area contributed by atoms with Crippen molar-refractivity contribution in [1.29, 1.82) is 0 Å². The van der Waals surface area contributed by atoms with Crippen LogP contribution in [-0.2, 0) is 11.0 Å². The second-order valence-electron chi connectivity index (χ2n) is 6.61. The molecule has 136 valence electrons. The highest BCUT2D eigenvalue weighted by Crippen LogP contribution is 2.42. The highest BCUT2D eigenvalue weighted by Gasteiger charge is 2.42. The molecule has 0 radical (unpaired) electrons. The molecule has 1 aliphatic carbocycles. The Morgan fingerprint density at radius 1 is 1.19 bits per heavy atom. The summed E-state index contributed by atoms with van der Waals surface area (Å²) in [6, 6.07) is 4.43. The third-order valence-electron chi connectivity index (χ3n) is 4.56. The number of hydrogen-bond acceptors (Lipinski definition) is 4. The van der Waals surface area contributed by atoms with Crippen LogP contribution in [0.5, 0.6) is 0 Å². The highest BCUT2D eigenvalue weighted by atomic mass is 19.4. The maximum absolute atomic E-state index is 13.3. The summed E-state index contributed by atoms with van der Waals surface area (Å²) in [6.45, 7) is 1.90. The maximum atomic E-state index is 13.3. The molecule has 1 aliphatic heterocycles. The number of fused-ring (bicyclic) bond motifs is 1. The standard InChI is InChI=1S/C17H14F4N4O/c1-8-6-11-13(12(26)7-8)14(9-2-4-10(18)5-3-9)25-16(22-11)23-15(24-25)17(19,20)21/h2-5,8,14H,6-7H2,1H3,(H,22,23,24)/t8-,14-/m0/s1. The van der Waals surface area contributed by atoms with E-state index in [1.54, 1.807) is 0 Å². The van der Waals surface area contributed by atoms with Crippen molar-refractivity contribution in [3.8, 4) is 0 Å². The molecule has 0 fully saturated rings. The Morgan fingerprint density at radius 3 is 2.54 bits per heavy atom. The maximum Gasteiger partial charge on any atom is 0.453 e. The molecule has 0 amide bonds. The summed E-state index contributed by atoms with van der Waals surface area (Å²) in [5.41, 5.74) is 1.39. The molecule has 1 aromatic carbocycles. The van der Waals surface area contributed by atoms with Gasteiger partial charge in [-0.25, -0.2) is 9.07 Å². The van der Waals surface area contributed by atoms with Gasteiger partial charge in [-0.1, -0.05) is 19.1 Å². The minimum atomic E-state index is -4.71. The Balaban J connectivity index is 1.90. The number of nitrogens with one attached hydrogen (secondary N) is 1. The van der Waals surface area contributed by atoms with Crippen molar-refractivity contribution in [2.24, 2.45) is 5.92 Å².